The van der Waals surface area contributed by atoms with E-state index in [1.54, 1.807) is 11.3 Å². The second kappa shape index (κ2) is 4.82. The van der Waals surface area contributed by atoms with Crippen LogP contribution in [0.4, 0.5) is 0 Å². The molecule has 2 nitrogen and oxygen atoms in total. The quantitative estimate of drug-likeness (QED) is 0.886. The topological polar surface area (TPSA) is 38.9 Å². The summed E-state index contributed by atoms with van der Waals surface area (Å²) in [5, 5.41) is 3.24. The van der Waals surface area contributed by atoms with Gasteiger partial charge in [0.15, 0.2) is 0 Å². The lowest BCUT2D eigenvalue weighted by atomic mass is 9.83. The largest absolute Gasteiger partial charge is 0.319 e. The zero-order valence-corrected chi connectivity index (χ0v) is 11.2. The lowest BCUT2D eigenvalue weighted by molar-refractivity contribution is 0.301. The molecule has 1 aromatic heterocycles. The first kappa shape index (κ1) is 11.9. The van der Waals surface area contributed by atoms with E-state index in [0.29, 0.717) is 0 Å². The summed E-state index contributed by atoms with van der Waals surface area (Å²) in [7, 11) is 0. The molecule has 0 amide bonds. The van der Waals surface area contributed by atoms with Gasteiger partial charge in [0, 0.05) is 10.9 Å². The Morgan fingerprint density at radius 1 is 1.06 bits per heavy atom. The Morgan fingerprint density at radius 2 is 1.78 bits per heavy atom. The van der Waals surface area contributed by atoms with Gasteiger partial charge in [-0.25, -0.2) is 4.98 Å². The molecule has 0 aliphatic heterocycles. The number of benzene rings is 1. The Balaban J connectivity index is 1.89. The third-order valence-electron chi connectivity index (χ3n) is 3.75. The molecule has 0 spiro atoms. The molecule has 2 aromatic rings. The van der Waals surface area contributed by atoms with Gasteiger partial charge in [-0.05, 0) is 12.8 Å². The summed E-state index contributed by atoms with van der Waals surface area (Å²) >= 11 is 1.71. The van der Waals surface area contributed by atoms with Crippen LogP contribution < -0.4 is 5.73 Å². The van der Waals surface area contributed by atoms with Crippen molar-refractivity contribution in [3.63, 3.8) is 0 Å². The highest BCUT2D eigenvalue weighted by Crippen LogP contribution is 2.37. The van der Waals surface area contributed by atoms with Gasteiger partial charge in [-0.1, -0.05) is 49.6 Å². The monoisotopic (exact) mass is 258 g/mol. The maximum Gasteiger partial charge on any atom is 0.113 e. The molecular weight excluding hydrogens is 240 g/mol. The fourth-order valence-corrected chi connectivity index (χ4v) is 3.64. The lowest BCUT2D eigenvalue weighted by Gasteiger charge is -2.31. The molecule has 1 fully saturated rings. The number of rotatable bonds is 2. The Bertz CT molecular complexity index is 512. The summed E-state index contributed by atoms with van der Waals surface area (Å²) in [5.74, 6) is 0. The second-order valence-corrected chi connectivity index (χ2v) is 5.98. The third-order valence-corrected chi connectivity index (χ3v) is 4.81. The fourth-order valence-electron chi connectivity index (χ4n) is 2.64. The molecule has 0 unspecified atom stereocenters. The molecule has 1 aliphatic carbocycles. The first-order valence-corrected chi connectivity index (χ1v) is 7.46. The number of thiazole rings is 1. The highest BCUT2D eigenvalue weighted by molar-refractivity contribution is 7.10. The summed E-state index contributed by atoms with van der Waals surface area (Å²) < 4.78 is 0. The van der Waals surface area contributed by atoms with E-state index < -0.39 is 0 Å². The van der Waals surface area contributed by atoms with Crippen molar-refractivity contribution in [2.45, 2.75) is 37.6 Å². The van der Waals surface area contributed by atoms with Crippen LogP contribution in [0.15, 0.2) is 35.7 Å². The van der Waals surface area contributed by atoms with Crippen LogP contribution in [0, 0.1) is 0 Å². The maximum atomic E-state index is 6.52. The minimum atomic E-state index is -0.171. The summed E-state index contributed by atoms with van der Waals surface area (Å²) in [4.78, 5) is 4.77. The molecule has 94 valence electrons. The summed E-state index contributed by atoms with van der Waals surface area (Å²) in [6, 6.07) is 10.3. The van der Waals surface area contributed by atoms with Crippen LogP contribution in [0.2, 0.25) is 0 Å². The SMILES string of the molecule is NC1(c2nc(-c3ccccc3)cs2)CCCCC1. The van der Waals surface area contributed by atoms with Gasteiger partial charge in [-0.15, -0.1) is 11.3 Å². The zero-order valence-electron chi connectivity index (χ0n) is 10.4. The van der Waals surface area contributed by atoms with Gasteiger partial charge in [0.2, 0.25) is 0 Å². The number of hydrogen-bond acceptors (Lipinski definition) is 3. The van der Waals surface area contributed by atoms with E-state index >= 15 is 0 Å². The van der Waals surface area contributed by atoms with Crippen LogP contribution in [0.25, 0.3) is 11.3 Å². The highest BCUT2D eigenvalue weighted by atomic mass is 32.1. The zero-order chi connectivity index (χ0) is 12.4. The summed E-state index contributed by atoms with van der Waals surface area (Å²) in [6.07, 6.45) is 5.94. The van der Waals surface area contributed by atoms with Gasteiger partial charge in [0.1, 0.15) is 5.01 Å². The van der Waals surface area contributed by atoms with E-state index in [1.165, 1.54) is 24.8 Å². The minimum absolute atomic E-state index is 0.171. The lowest BCUT2D eigenvalue weighted by Crippen LogP contribution is -2.38. The van der Waals surface area contributed by atoms with E-state index in [9.17, 15) is 0 Å². The molecule has 1 heterocycles. The van der Waals surface area contributed by atoms with Gasteiger partial charge in [0.05, 0.1) is 11.2 Å². The van der Waals surface area contributed by atoms with Crippen molar-refractivity contribution in [3.05, 3.63) is 40.7 Å². The highest BCUT2D eigenvalue weighted by Gasteiger charge is 2.32. The molecule has 18 heavy (non-hydrogen) atoms. The number of hydrogen-bond donors (Lipinski definition) is 1. The van der Waals surface area contributed by atoms with Crippen molar-refractivity contribution in [2.24, 2.45) is 5.73 Å². The standard InChI is InChI=1S/C15H18N2S/c16-15(9-5-2-6-10-15)14-17-13(11-18-14)12-7-3-1-4-8-12/h1,3-4,7-8,11H,2,5-6,9-10,16H2. The van der Waals surface area contributed by atoms with E-state index in [1.807, 2.05) is 18.2 Å². The molecule has 0 radical (unpaired) electrons. The molecule has 0 bridgehead atoms. The predicted molar refractivity (Wildman–Crippen MR) is 76.5 cm³/mol. The molecule has 1 aromatic carbocycles. The maximum absolute atomic E-state index is 6.52. The van der Waals surface area contributed by atoms with Crippen LogP contribution in [-0.2, 0) is 5.54 Å². The summed E-state index contributed by atoms with van der Waals surface area (Å²) in [6.45, 7) is 0. The Labute approximate surface area is 112 Å². The fraction of sp³-hybridized carbons (Fsp3) is 0.400. The molecule has 2 N–H and O–H groups in total. The summed E-state index contributed by atoms with van der Waals surface area (Å²) in [5.41, 5.74) is 8.59. The van der Waals surface area contributed by atoms with Gasteiger partial charge in [-0.3, -0.25) is 0 Å². The van der Waals surface area contributed by atoms with Crippen molar-refractivity contribution in [2.75, 3.05) is 0 Å². The van der Waals surface area contributed by atoms with Crippen molar-refractivity contribution in [1.29, 1.82) is 0 Å². The van der Waals surface area contributed by atoms with Crippen molar-refractivity contribution in [3.8, 4) is 11.3 Å². The van der Waals surface area contributed by atoms with Crippen LogP contribution >= 0.6 is 11.3 Å². The molecule has 1 saturated carbocycles. The first-order chi connectivity index (χ1) is 8.78. The van der Waals surface area contributed by atoms with Crippen molar-refractivity contribution in [1.82, 2.24) is 4.98 Å². The van der Waals surface area contributed by atoms with E-state index in [4.69, 9.17) is 10.7 Å². The van der Waals surface area contributed by atoms with E-state index in [0.717, 1.165) is 23.5 Å². The van der Waals surface area contributed by atoms with Crippen LogP contribution in [0.3, 0.4) is 0 Å². The second-order valence-electron chi connectivity index (χ2n) is 5.12. The molecular formula is C15H18N2S. The van der Waals surface area contributed by atoms with Gasteiger partial charge in [-0.2, -0.15) is 0 Å². The molecule has 0 atom stereocenters. The Hall–Kier alpha value is -1.19. The minimum Gasteiger partial charge on any atom is -0.319 e. The van der Waals surface area contributed by atoms with Gasteiger partial charge >= 0.3 is 0 Å². The van der Waals surface area contributed by atoms with Crippen molar-refractivity contribution >= 4 is 11.3 Å². The number of nitrogens with zero attached hydrogens (tertiary/aromatic N) is 1. The Morgan fingerprint density at radius 3 is 2.50 bits per heavy atom. The molecule has 3 rings (SSSR count). The van der Waals surface area contributed by atoms with Crippen LogP contribution in [0.5, 0.6) is 0 Å². The molecule has 3 heteroatoms. The first-order valence-electron chi connectivity index (χ1n) is 6.58. The number of nitrogens with two attached hydrogens (primary N) is 1. The Kier molecular flexibility index (Phi) is 3.18. The van der Waals surface area contributed by atoms with Gasteiger partial charge < -0.3 is 5.73 Å². The van der Waals surface area contributed by atoms with Crippen LogP contribution in [0.1, 0.15) is 37.1 Å². The average Bonchev–Trinajstić information content (AvgIpc) is 2.91. The van der Waals surface area contributed by atoms with Crippen molar-refractivity contribution < 1.29 is 0 Å². The third kappa shape index (κ3) is 2.20. The van der Waals surface area contributed by atoms with E-state index in [-0.39, 0.29) is 5.54 Å². The van der Waals surface area contributed by atoms with Gasteiger partial charge in [0.25, 0.3) is 0 Å². The average molecular weight is 258 g/mol. The normalized spacial score (nSPS) is 18.7. The smallest absolute Gasteiger partial charge is 0.113 e. The predicted octanol–water partition coefficient (Wildman–Crippen LogP) is 3.93. The van der Waals surface area contributed by atoms with E-state index in [2.05, 4.69) is 17.5 Å². The van der Waals surface area contributed by atoms with Crippen LogP contribution in [-0.4, -0.2) is 4.98 Å². The molecule has 0 saturated heterocycles. The molecule has 1 aliphatic rings. The number of aromatic nitrogens is 1.